The van der Waals surface area contributed by atoms with Crippen LogP contribution in [0.15, 0.2) is 48.5 Å². The summed E-state index contributed by atoms with van der Waals surface area (Å²) in [5.41, 5.74) is 1.71. The van der Waals surface area contributed by atoms with Crippen molar-refractivity contribution in [2.24, 2.45) is 0 Å². The van der Waals surface area contributed by atoms with E-state index in [0.717, 1.165) is 28.0 Å². The molecular formula is C25H28N2O7S. The molecule has 2 aliphatic rings. The van der Waals surface area contributed by atoms with Crippen LogP contribution in [0.25, 0.3) is 0 Å². The minimum atomic E-state index is -0.896. The van der Waals surface area contributed by atoms with Gasteiger partial charge in [-0.05, 0) is 36.6 Å². The number of nitrogens with one attached hydrogen (secondary N) is 1. The zero-order valence-electron chi connectivity index (χ0n) is 19.5. The lowest BCUT2D eigenvalue weighted by molar-refractivity contribution is -0.158. The molecule has 10 heteroatoms. The Morgan fingerprint density at radius 2 is 1.91 bits per heavy atom. The standard InChI is InChI=1S/C25H28N2O7S/c1-15(25(30)32-12-17-6-4-3-5-7-17)26-24(29)20-11-19(21(27(20)31)13-35-16(2)28)18-8-9-22-23(10-18)34-14-33-22/h3-10,15,19-21,31H,11-14H2,1-2H3,(H,26,29). The maximum absolute atomic E-state index is 13.1. The summed E-state index contributed by atoms with van der Waals surface area (Å²) < 4.78 is 16.2. The number of nitrogens with zero attached hydrogens (tertiary/aromatic N) is 1. The van der Waals surface area contributed by atoms with Gasteiger partial charge in [-0.3, -0.25) is 9.59 Å². The summed E-state index contributed by atoms with van der Waals surface area (Å²) in [5, 5.41) is 14.5. The van der Waals surface area contributed by atoms with Crippen molar-refractivity contribution in [1.82, 2.24) is 10.4 Å². The first-order valence-corrected chi connectivity index (χ1v) is 12.3. The molecule has 1 amide bonds. The van der Waals surface area contributed by atoms with Crippen LogP contribution in [0, 0.1) is 0 Å². The third-order valence-electron chi connectivity index (χ3n) is 6.12. The molecule has 2 aliphatic heterocycles. The molecular weight excluding hydrogens is 472 g/mol. The van der Waals surface area contributed by atoms with Gasteiger partial charge in [-0.1, -0.05) is 48.2 Å². The van der Waals surface area contributed by atoms with Crippen LogP contribution in [-0.4, -0.2) is 57.9 Å². The van der Waals surface area contributed by atoms with E-state index >= 15 is 0 Å². The second kappa shape index (κ2) is 11.1. The molecule has 186 valence electrons. The van der Waals surface area contributed by atoms with E-state index in [4.69, 9.17) is 14.2 Å². The number of ether oxygens (including phenoxy) is 3. The Hall–Kier alpha value is -3.08. The maximum Gasteiger partial charge on any atom is 0.328 e. The van der Waals surface area contributed by atoms with Gasteiger partial charge in [0.2, 0.25) is 12.7 Å². The topological polar surface area (TPSA) is 114 Å². The van der Waals surface area contributed by atoms with Crippen molar-refractivity contribution in [1.29, 1.82) is 0 Å². The Labute approximate surface area is 207 Å². The number of esters is 1. The Balaban J connectivity index is 1.42. The zero-order valence-corrected chi connectivity index (χ0v) is 20.3. The Bertz CT molecular complexity index is 1080. The van der Waals surface area contributed by atoms with Crippen molar-refractivity contribution in [3.8, 4) is 11.5 Å². The maximum atomic E-state index is 13.1. The summed E-state index contributed by atoms with van der Waals surface area (Å²) in [4.78, 5) is 37.1. The molecule has 35 heavy (non-hydrogen) atoms. The van der Waals surface area contributed by atoms with Gasteiger partial charge in [0.15, 0.2) is 16.6 Å². The molecule has 4 atom stereocenters. The molecule has 0 aromatic heterocycles. The number of hydrogen-bond donors (Lipinski definition) is 2. The number of thioether (sulfide) groups is 1. The minimum absolute atomic E-state index is 0.0782. The SMILES string of the molecule is CC(=O)SCC1C(c2ccc3c(c2)OCO3)CC(C(=O)NC(C)C(=O)OCc2ccccc2)N1O. The van der Waals surface area contributed by atoms with Crippen molar-refractivity contribution >= 4 is 28.8 Å². The van der Waals surface area contributed by atoms with Crippen molar-refractivity contribution < 1.29 is 33.8 Å². The van der Waals surface area contributed by atoms with Gasteiger partial charge in [-0.2, -0.15) is 5.06 Å². The van der Waals surface area contributed by atoms with Gasteiger partial charge in [0.05, 0.1) is 6.04 Å². The third kappa shape index (κ3) is 5.95. The molecule has 1 fully saturated rings. The van der Waals surface area contributed by atoms with Crippen LogP contribution in [0.4, 0.5) is 0 Å². The lowest BCUT2D eigenvalue weighted by Gasteiger charge is -2.25. The second-order valence-corrected chi connectivity index (χ2v) is 9.74. The van der Waals surface area contributed by atoms with Crippen LogP contribution in [-0.2, 0) is 25.7 Å². The lowest BCUT2D eigenvalue weighted by atomic mass is 9.91. The second-order valence-electron chi connectivity index (χ2n) is 8.54. The number of carbonyl (C=O) groups is 3. The normalized spacial score (nSPS) is 22.0. The number of amides is 1. The monoisotopic (exact) mass is 500 g/mol. The molecule has 0 bridgehead atoms. The van der Waals surface area contributed by atoms with E-state index in [2.05, 4.69) is 5.32 Å². The summed E-state index contributed by atoms with van der Waals surface area (Å²) >= 11 is 1.09. The highest BCUT2D eigenvalue weighted by Gasteiger charge is 2.45. The van der Waals surface area contributed by atoms with E-state index in [1.807, 2.05) is 42.5 Å². The van der Waals surface area contributed by atoms with Crippen LogP contribution in [0.3, 0.4) is 0 Å². The van der Waals surface area contributed by atoms with Gasteiger partial charge in [0.1, 0.15) is 18.7 Å². The predicted octanol–water partition coefficient (Wildman–Crippen LogP) is 2.86. The van der Waals surface area contributed by atoms with Gasteiger partial charge in [0, 0.05) is 18.6 Å². The smallest absolute Gasteiger partial charge is 0.328 e. The molecule has 0 spiro atoms. The average Bonchev–Trinajstić information content (AvgIpc) is 3.45. The molecule has 4 rings (SSSR count). The van der Waals surface area contributed by atoms with Gasteiger partial charge in [-0.25, -0.2) is 4.79 Å². The highest BCUT2D eigenvalue weighted by Crippen LogP contribution is 2.42. The predicted molar refractivity (Wildman–Crippen MR) is 128 cm³/mol. The number of benzene rings is 2. The Morgan fingerprint density at radius 3 is 2.66 bits per heavy atom. The van der Waals surface area contributed by atoms with Crippen molar-refractivity contribution in [2.75, 3.05) is 12.5 Å². The van der Waals surface area contributed by atoms with Crippen LogP contribution in [0.1, 0.15) is 37.3 Å². The molecule has 1 saturated heterocycles. The van der Waals surface area contributed by atoms with Crippen molar-refractivity contribution in [3.63, 3.8) is 0 Å². The quantitative estimate of drug-likeness (QED) is 0.528. The van der Waals surface area contributed by atoms with Crippen LogP contribution in [0.5, 0.6) is 11.5 Å². The molecule has 2 aromatic rings. The highest BCUT2D eigenvalue weighted by atomic mass is 32.2. The molecule has 2 N–H and O–H groups in total. The Kier molecular flexibility index (Phi) is 7.94. The number of fused-ring (bicyclic) bond motifs is 1. The fourth-order valence-electron chi connectivity index (χ4n) is 4.27. The zero-order chi connectivity index (χ0) is 24.9. The summed E-state index contributed by atoms with van der Waals surface area (Å²) in [6, 6.07) is 12.5. The first-order valence-electron chi connectivity index (χ1n) is 11.3. The number of rotatable bonds is 8. The van der Waals surface area contributed by atoms with E-state index in [1.54, 1.807) is 13.0 Å². The molecule has 0 saturated carbocycles. The molecule has 2 aromatic carbocycles. The van der Waals surface area contributed by atoms with Gasteiger partial charge >= 0.3 is 5.97 Å². The van der Waals surface area contributed by atoms with Gasteiger partial charge in [0.25, 0.3) is 0 Å². The molecule has 9 nitrogen and oxygen atoms in total. The van der Waals surface area contributed by atoms with E-state index in [1.165, 1.54) is 6.92 Å². The molecule has 0 radical (unpaired) electrons. The average molecular weight is 501 g/mol. The lowest BCUT2D eigenvalue weighted by Crippen LogP contribution is -2.49. The minimum Gasteiger partial charge on any atom is -0.459 e. The largest absolute Gasteiger partial charge is 0.459 e. The number of hydroxylamine groups is 2. The van der Waals surface area contributed by atoms with E-state index in [9.17, 15) is 19.6 Å². The highest BCUT2D eigenvalue weighted by molar-refractivity contribution is 8.13. The summed E-state index contributed by atoms with van der Waals surface area (Å²) in [6.45, 7) is 3.25. The van der Waals surface area contributed by atoms with Gasteiger partial charge in [-0.15, -0.1) is 0 Å². The fraction of sp³-hybridized carbons (Fsp3) is 0.400. The van der Waals surface area contributed by atoms with Crippen molar-refractivity contribution in [2.45, 2.75) is 50.9 Å². The van der Waals surface area contributed by atoms with Crippen LogP contribution >= 0.6 is 11.8 Å². The van der Waals surface area contributed by atoms with E-state index in [-0.39, 0.29) is 24.4 Å². The summed E-state index contributed by atoms with van der Waals surface area (Å²) in [7, 11) is 0. The molecule has 4 unspecified atom stereocenters. The summed E-state index contributed by atoms with van der Waals surface area (Å²) in [6.07, 6.45) is 0.302. The third-order valence-corrected chi connectivity index (χ3v) is 7.04. The van der Waals surface area contributed by atoms with Crippen LogP contribution < -0.4 is 14.8 Å². The van der Waals surface area contributed by atoms with Crippen LogP contribution in [0.2, 0.25) is 0 Å². The number of hydrogen-bond acceptors (Lipinski definition) is 9. The van der Waals surface area contributed by atoms with E-state index in [0.29, 0.717) is 23.7 Å². The van der Waals surface area contributed by atoms with Crippen molar-refractivity contribution in [3.05, 3.63) is 59.7 Å². The fourth-order valence-corrected chi connectivity index (χ4v) is 5.06. The number of carbonyl (C=O) groups excluding carboxylic acids is 3. The first-order chi connectivity index (χ1) is 16.8. The molecule has 0 aliphatic carbocycles. The van der Waals surface area contributed by atoms with E-state index < -0.39 is 30.0 Å². The first kappa shape index (κ1) is 25.0. The molecule has 2 heterocycles. The van der Waals surface area contributed by atoms with Gasteiger partial charge < -0.3 is 24.7 Å². The summed E-state index contributed by atoms with van der Waals surface area (Å²) in [5.74, 6) is 0.256. The Morgan fingerprint density at radius 1 is 1.17 bits per heavy atom.